The van der Waals surface area contributed by atoms with Crippen LogP contribution in [0.3, 0.4) is 0 Å². The first-order valence-corrected chi connectivity index (χ1v) is 10.6. The van der Waals surface area contributed by atoms with Gasteiger partial charge in [-0.05, 0) is 36.4 Å². The molecule has 2 aromatic heterocycles. The van der Waals surface area contributed by atoms with Crippen LogP contribution < -0.4 is 5.32 Å². The largest absolute Gasteiger partial charge is 0.394 e. The molecule has 33 heavy (non-hydrogen) atoms. The highest BCUT2D eigenvalue weighted by molar-refractivity contribution is 5.97. The van der Waals surface area contributed by atoms with E-state index < -0.39 is 17.9 Å². The third kappa shape index (κ3) is 4.86. The van der Waals surface area contributed by atoms with Crippen LogP contribution in [0.5, 0.6) is 0 Å². The van der Waals surface area contributed by atoms with Gasteiger partial charge in [-0.15, -0.1) is 0 Å². The maximum absolute atomic E-state index is 13.4. The van der Waals surface area contributed by atoms with Gasteiger partial charge in [0.25, 0.3) is 17.7 Å². The molecule has 0 unspecified atom stereocenters. The summed E-state index contributed by atoms with van der Waals surface area (Å²) in [5.41, 5.74) is 2.07. The topological polar surface area (TPSA) is 108 Å². The fourth-order valence-corrected chi connectivity index (χ4v) is 3.76. The predicted octanol–water partition coefficient (Wildman–Crippen LogP) is 1.98. The van der Waals surface area contributed by atoms with Gasteiger partial charge in [-0.25, -0.2) is 13.8 Å². The van der Waals surface area contributed by atoms with Crippen molar-refractivity contribution in [3.05, 3.63) is 59.9 Å². The Hall–Kier alpha value is -3.37. The maximum atomic E-state index is 13.4. The Labute approximate surface area is 188 Å². The monoisotopic (exact) mass is 458 g/mol. The van der Waals surface area contributed by atoms with E-state index in [1.54, 1.807) is 47.2 Å². The molecule has 2 amide bonds. The van der Waals surface area contributed by atoms with Gasteiger partial charge in [0.1, 0.15) is 5.65 Å². The van der Waals surface area contributed by atoms with Crippen LogP contribution >= 0.6 is 0 Å². The van der Waals surface area contributed by atoms with E-state index in [2.05, 4.69) is 10.3 Å². The van der Waals surface area contributed by atoms with Crippen molar-refractivity contribution in [1.29, 1.82) is 0 Å². The summed E-state index contributed by atoms with van der Waals surface area (Å²) in [6.07, 6.45) is 2.56. The van der Waals surface area contributed by atoms with Gasteiger partial charge in [0.15, 0.2) is 0 Å². The second kappa shape index (κ2) is 9.24. The molecule has 0 spiro atoms. The summed E-state index contributed by atoms with van der Waals surface area (Å²) < 4.78 is 28.6. The van der Waals surface area contributed by atoms with E-state index in [1.165, 1.54) is 11.1 Å². The third-order valence-corrected chi connectivity index (χ3v) is 5.74. The minimum atomic E-state index is -2.72. The number of benzene rings is 1. The van der Waals surface area contributed by atoms with E-state index in [4.69, 9.17) is 10.2 Å². The van der Waals surface area contributed by atoms with Gasteiger partial charge in [0, 0.05) is 55.0 Å². The number of carbonyl (C=O) groups is 2. The molecule has 0 bridgehead atoms. The zero-order valence-corrected chi connectivity index (χ0v) is 17.7. The molecule has 3 N–H and O–H groups in total. The number of aliphatic hydroxyl groups is 2. The van der Waals surface area contributed by atoms with E-state index in [0.717, 1.165) is 11.1 Å². The van der Waals surface area contributed by atoms with Crippen LogP contribution in [0.2, 0.25) is 0 Å². The average molecular weight is 458 g/mol. The zero-order valence-electron chi connectivity index (χ0n) is 17.7. The minimum Gasteiger partial charge on any atom is -0.394 e. The molecule has 3 aromatic rings. The fraction of sp³-hybridized carbons (Fsp3) is 0.348. The van der Waals surface area contributed by atoms with Gasteiger partial charge >= 0.3 is 0 Å². The molecular formula is C23H24F2N4O4. The number of piperidine rings is 1. The van der Waals surface area contributed by atoms with E-state index in [0.29, 0.717) is 16.8 Å². The Balaban J connectivity index is 1.51. The number of nitrogens with zero attached hydrogens (tertiary/aromatic N) is 3. The standard InChI is InChI=1S/C23H24F2N4O4/c24-23(25)6-9-28(10-7-23)22(33)17-11-16-5-8-29(20(16)26-12-17)19-3-1-15(2-4-19)21(32)27-18(13-30)14-31/h1-5,8,11-12,18,30-31H,6-7,9-10,13-14H2,(H,27,32). The molecule has 10 heteroatoms. The number of pyridine rings is 1. The average Bonchev–Trinajstić information content (AvgIpc) is 3.25. The van der Waals surface area contributed by atoms with Gasteiger partial charge in [0.05, 0.1) is 24.8 Å². The van der Waals surface area contributed by atoms with Gasteiger partial charge in [-0.2, -0.15) is 0 Å². The Kier molecular flexibility index (Phi) is 6.39. The summed E-state index contributed by atoms with van der Waals surface area (Å²) in [6.45, 7) is -0.698. The number of hydrogen-bond donors (Lipinski definition) is 3. The number of halogens is 2. The van der Waals surface area contributed by atoms with Crippen molar-refractivity contribution in [1.82, 2.24) is 19.8 Å². The van der Waals surface area contributed by atoms with Crippen molar-refractivity contribution in [3.63, 3.8) is 0 Å². The lowest BCUT2D eigenvalue weighted by Crippen LogP contribution is -2.42. The zero-order chi connectivity index (χ0) is 23.6. The molecular weight excluding hydrogens is 434 g/mol. The van der Waals surface area contributed by atoms with E-state index >= 15 is 0 Å². The molecule has 3 heterocycles. The molecule has 174 valence electrons. The maximum Gasteiger partial charge on any atom is 0.255 e. The number of aliphatic hydroxyl groups excluding tert-OH is 2. The fourth-order valence-electron chi connectivity index (χ4n) is 3.76. The highest BCUT2D eigenvalue weighted by atomic mass is 19.3. The number of alkyl halides is 2. The number of nitrogens with one attached hydrogen (secondary N) is 1. The molecule has 1 aliphatic rings. The van der Waals surface area contributed by atoms with Gasteiger partial charge in [-0.3, -0.25) is 9.59 Å². The lowest BCUT2D eigenvalue weighted by Gasteiger charge is -2.31. The lowest BCUT2D eigenvalue weighted by molar-refractivity contribution is -0.0494. The quantitative estimate of drug-likeness (QED) is 0.524. The van der Waals surface area contributed by atoms with Gasteiger partial charge in [0.2, 0.25) is 0 Å². The molecule has 0 saturated carbocycles. The van der Waals surface area contributed by atoms with Crippen molar-refractivity contribution in [2.45, 2.75) is 24.8 Å². The molecule has 0 radical (unpaired) electrons. The normalized spacial score (nSPS) is 15.7. The summed E-state index contributed by atoms with van der Waals surface area (Å²) in [5.74, 6) is -3.44. The van der Waals surface area contributed by atoms with Crippen molar-refractivity contribution in [2.24, 2.45) is 0 Å². The number of hydrogen-bond acceptors (Lipinski definition) is 5. The van der Waals surface area contributed by atoms with Crippen molar-refractivity contribution in [2.75, 3.05) is 26.3 Å². The molecule has 0 atom stereocenters. The first-order chi connectivity index (χ1) is 15.8. The number of aromatic nitrogens is 2. The summed E-state index contributed by atoms with van der Waals surface area (Å²) in [7, 11) is 0. The van der Waals surface area contributed by atoms with Gasteiger partial charge < -0.3 is 25.0 Å². The van der Waals surface area contributed by atoms with E-state index in [9.17, 15) is 18.4 Å². The van der Waals surface area contributed by atoms with Crippen molar-refractivity contribution in [3.8, 4) is 5.69 Å². The molecule has 1 aromatic carbocycles. The second-order valence-corrected chi connectivity index (χ2v) is 8.05. The molecule has 1 aliphatic heterocycles. The van der Waals surface area contributed by atoms with Crippen LogP contribution in [-0.2, 0) is 0 Å². The van der Waals surface area contributed by atoms with Crippen LogP contribution in [0.25, 0.3) is 16.7 Å². The predicted molar refractivity (Wildman–Crippen MR) is 117 cm³/mol. The summed E-state index contributed by atoms with van der Waals surface area (Å²) in [6, 6.07) is 9.47. The van der Waals surface area contributed by atoms with Gasteiger partial charge in [-0.1, -0.05) is 0 Å². The summed E-state index contributed by atoms with van der Waals surface area (Å²) in [5, 5.41) is 21.5. The Morgan fingerprint density at radius 3 is 2.36 bits per heavy atom. The lowest BCUT2D eigenvalue weighted by atomic mass is 10.1. The Morgan fingerprint density at radius 2 is 1.73 bits per heavy atom. The number of carbonyl (C=O) groups excluding carboxylic acids is 2. The number of likely N-dealkylation sites (tertiary alicyclic amines) is 1. The highest BCUT2D eigenvalue weighted by Crippen LogP contribution is 2.29. The molecule has 1 saturated heterocycles. The van der Waals surface area contributed by atoms with Crippen LogP contribution in [0.1, 0.15) is 33.6 Å². The van der Waals surface area contributed by atoms with Crippen molar-refractivity contribution >= 4 is 22.8 Å². The molecule has 0 aliphatic carbocycles. The molecule has 4 rings (SSSR count). The van der Waals surface area contributed by atoms with Crippen molar-refractivity contribution < 1.29 is 28.6 Å². The Bertz CT molecular complexity index is 1150. The number of fused-ring (bicyclic) bond motifs is 1. The number of rotatable bonds is 6. The van der Waals surface area contributed by atoms with Crippen LogP contribution in [0, 0.1) is 0 Å². The third-order valence-electron chi connectivity index (χ3n) is 5.74. The SMILES string of the molecule is O=C(NC(CO)CO)c1ccc(-n2ccc3cc(C(=O)N4CCC(F)(F)CC4)cnc32)cc1. The van der Waals surface area contributed by atoms with E-state index in [1.807, 2.05) is 0 Å². The first kappa shape index (κ1) is 22.8. The van der Waals surface area contributed by atoms with Crippen LogP contribution in [-0.4, -0.2) is 74.7 Å². The minimum absolute atomic E-state index is 0.0160. The summed E-state index contributed by atoms with van der Waals surface area (Å²) >= 11 is 0. The molecule has 1 fully saturated rings. The van der Waals surface area contributed by atoms with E-state index in [-0.39, 0.29) is 45.1 Å². The van der Waals surface area contributed by atoms with Crippen LogP contribution in [0.4, 0.5) is 8.78 Å². The number of amides is 2. The second-order valence-electron chi connectivity index (χ2n) is 8.05. The Morgan fingerprint density at radius 1 is 1.06 bits per heavy atom. The van der Waals surface area contributed by atoms with Crippen LogP contribution in [0.15, 0.2) is 48.8 Å². The first-order valence-electron chi connectivity index (χ1n) is 10.6. The highest BCUT2D eigenvalue weighted by Gasteiger charge is 2.35. The smallest absolute Gasteiger partial charge is 0.255 e. The molecule has 8 nitrogen and oxygen atoms in total. The summed E-state index contributed by atoms with van der Waals surface area (Å²) in [4.78, 5) is 30.8.